The maximum Gasteiger partial charge on any atom is 0.306 e. The number of aromatic nitrogens is 2. The lowest BCUT2D eigenvalue weighted by molar-refractivity contribution is -0.677. The monoisotopic (exact) mass is 363 g/mol. The normalized spacial score (nSPS) is 22.5. The first-order valence-electron chi connectivity index (χ1n) is 9.15. The molecule has 1 fully saturated rings. The lowest BCUT2D eigenvalue weighted by Crippen LogP contribution is -2.30. The number of aryl methyl sites for hydroxylation is 2. The molecule has 1 aromatic rings. The molecule has 2 heterocycles. The Hall–Kier alpha value is -1.67. The van der Waals surface area contributed by atoms with Gasteiger partial charge in [0.2, 0.25) is 0 Å². The minimum Gasteiger partial charge on any atom is -0.459 e. The van der Waals surface area contributed by atoms with Crippen molar-refractivity contribution in [2.24, 2.45) is 7.05 Å². The summed E-state index contributed by atoms with van der Waals surface area (Å²) in [7, 11) is 7.63. The second kappa shape index (κ2) is 9.87. The third-order valence-corrected chi connectivity index (χ3v) is 4.80. The van der Waals surface area contributed by atoms with Crippen LogP contribution in [0.2, 0.25) is 0 Å². The van der Waals surface area contributed by atoms with Gasteiger partial charge in [0.25, 0.3) is 5.82 Å². The fraction of sp³-hybridized carbons (Fsp3) is 0.722. The molecule has 7 nitrogen and oxygen atoms in total. The number of hydrogen-bond acceptors (Lipinski definition) is 5. The van der Waals surface area contributed by atoms with E-state index in [0.29, 0.717) is 12.8 Å². The zero-order valence-corrected chi connectivity index (χ0v) is 15.6. The lowest BCUT2D eigenvalue weighted by atomic mass is 9.96. The molecule has 0 bridgehead atoms. The lowest BCUT2D eigenvalue weighted by Gasteiger charge is -2.16. The van der Waals surface area contributed by atoms with Crippen molar-refractivity contribution in [3.63, 3.8) is 0 Å². The van der Waals surface area contributed by atoms with Crippen LogP contribution in [0.4, 0.5) is 0 Å². The van der Waals surface area contributed by atoms with Crippen LogP contribution in [0.1, 0.15) is 44.3 Å². The topological polar surface area (TPSA) is 81.6 Å². The van der Waals surface area contributed by atoms with Gasteiger partial charge in [0.15, 0.2) is 0 Å². The highest BCUT2D eigenvalue weighted by Gasteiger charge is 2.34. The third kappa shape index (κ3) is 5.95. The van der Waals surface area contributed by atoms with Crippen molar-refractivity contribution in [2.75, 3.05) is 6.61 Å². The summed E-state index contributed by atoms with van der Waals surface area (Å²) < 4.78 is 14.7. The zero-order valence-electron chi connectivity index (χ0n) is 15.6. The Balaban J connectivity index is 1.59. The van der Waals surface area contributed by atoms with Crippen LogP contribution in [0.25, 0.3) is 0 Å². The van der Waals surface area contributed by atoms with Crippen molar-refractivity contribution in [3.8, 4) is 0 Å². The van der Waals surface area contributed by atoms with E-state index in [0.717, 1.165) is 19.4 Å². The number of nitrogens with zero attached hydrogens (tertiary/aromatic N) is 2. The highest BCUT2D eigenvalue weighted by molar-refractivity contribution is 6.11. The molecule has 142 valence electrons. The molecular weight excluding hydrogens is 335 g/mol. The molecule has 0 spiro atoms. The van der Waals surface area contributed by atoms with E-state index in [9.17, 15) is 14.7 Å². The number of rotatable bonds is 10. The number of imidazole rings is 1. The minimum absolute atomic E-state index is 0.0509. The third-order valence-electron chi connectivity index (χ3n) is 4.80. The van der Waals surface area contributed by atoms with Crippen LogP contribution in [0.3, 0.4) is 0 Å². The predicted molar refractivity (Wildman–Crippen MR) is 94.4 cm³/mol. The molecule has 2 radical (unpaired) electrons. The predicted octanol–water partition coefficient (Wildman–Crippen LogP) is 0.328. The van der Waals surface area contributed by atoms with Gasteiger partial charge in [-0.15, -0.1) is 0 Å². The van der Waals surface area contributed by atoms with Crippen molar-refractivity contribution in [1.29, 1.82) is 0 Å². The summed E-state index contributed by atoms with van der Waals surface area (Å²) in [4.78, 5) is 23.8. The highest BCUT2D eigenvalue weighted by Crippen LogP contribution is 2.22. The summed E-state index contributed by atoms with van der Waals surface area (Å²) in [5.41, 5.74) is 0. The van der Waals surface area contributed by atoms with Crippen LogP contribution in [0.5, 0.6) is 0 Å². The number of carbonyl (C=O) groups is 2. The van der Waals surface area contributed by atoms with Crippen molar-refractivity contribution < 1.29 is 28.7 Å². The number of unbranched alkanes of at least 4 members (excludes halogenated alkanes) is 1. The van der Waals surface area contributed by atoms with Crippen molar-refractivity contribution in [3.05, 3.63) is 18.2 Å². The highest BCUT2D eigenvalue weighted by atomic mass is 16.6. The van der Waals surface area contributed by atoms with E-state index in [-0.39, 0.29) is 25.2 Å². The van der Waals surface area contributed by atoms with Crippen LogP contribution in [0, 0.1) is 6.92 Å². The summed E-state index contributed by atoms with van der Waals surface area (Å²) >= 11 is 0. The van der Waals surface area contributed by atoms with E-state index in [4.69, 9.17) is 17.3 Å². The van der Waals surface area contributed by atoms with Crippen LogP contribution in [-0.2, 0) is 32.7 Å². The smallest absolute Gasteiger partial charge is 0.306 e. The number of esters is 1. The molecule has 3 atom stereocenters. The largest absolute Gasteiger partial charge is 0.459 e. The molecule has 0 saturated carbocycles. The Morgan fingerprint density at radius 1 is 1.38 bits per heavy atom. The molecule has 1 aliphatic heterocycles. The Morgan fingerprint density at radius 2 is 2.15 bits per heavy atom. The van der Waals surface area contributed by atoms with Crippen molar-refractivity contribution >= 4 is 19.6 Å². The van der Waals surface area contributed by atoms with Crippen LogP contribution in [-0.4, -0.2) is 54.1 Å². The molecule has 8 heteroatoms. The number of ether oxygens (including phenoxy) is 2. The molecule has 1 unspecified atom stereocenters. The molecule has 0 aliphatic carbocycles. The van der Waals surface area contributed by atoms with Gasteiger partial charge in [-0.05, 0) is 12.8 Å². The summed E-state index contributed by atoms with van der Waals surface area (Å²) in [6, 6.07) is -0.530. The van der Waals surface area contributed by atoms with Gasteiger partial charge in [-0.1, -0.05) is 0 Å². The maximum atomic E-state index is 11.9. The van der Waals surface area contributed by atoms with Gasteiger partial charge in [0.1, 0.15) is 38.2 Å². The van der Waals surface area contributed by atoms with E-state index < -0.39 is 24.2 Å². The first-order valence-corrected chi connectivity index (χ1v) is 9.15. The van der Waals surface area contributed by atoms with E-state index >= 15 is 0 Å². The second-order valence-corrected chi connectivity index (χ2v) is 6.81. The van der Waals surface area contributed by atoms with E-state index in [1.807, 2.05) is 19.4 Å². The van der Waals surface area contributed by atoms with Gasteiger partial charge in [0, 0.05) is 32.2 Å². The van der Waals surface area contributed by atoms with Gasteiger partial charge in [-0.25, -0.2) is 9.13 Å². The average Bonchev–Trinajstić information content (AvgIpc) is 3.12. The number of carbonyl (C=O) groups excluding carboxylic acids is 2. The minimum atomic E-state index is -0.580. The van der Waals surface area contributed by atoms with Gasteiger partial charge < -0.3 is 14.6 Å². The fourth-order valence-corrected chi connectivity index (χ4v) is 3.07. The average molecular weight is 363 g/mol. The Labute approximate surface area is 155 Å². The van der Waals surface area contributed by atoms with E-state index in [1.54, 1.807) is 0 Å². The van der Waals surface area contributed by atoms with Gasteiger partial charge in [-0.3, -0.25) is 9.59 Å². The van der Waals surface area contributed by atoms with Crippen LogP contribution in [0.15, 0.2) is 12.4 Å². The number of ketones is 1. The summed E-state index contributed by atoms with van der Waals surface area (Å²) in [5, 5.41) is 9.18. The Morgan fingerprint density at radius 3 is 2.81 bits per heavy atom. The van der Waals surface area contributed by atoms with Crippen molar-refractivity contribution in [1.82, 2.24) is 4.57 Å². The van der Waals surface area contributed by atoms with Gasteiger partial charge in [-0.2, -0.15) is 0 Å². The Kier molecular flexibility index (Phi) is 7.84. The van der Waals surface area contributed by atoms with Crippen LogP contribution < -0.4 is 4.57 Å². The molecule has 0 aromatic carbocycles. The quantitative estimate of drug-likeness (QED) is 0.280. The standard InChI is InChI=1S/C18H28BN2O5/c1-13-20(2)9-10-21(13)8-4-3-5-14(23)6-7-18(24)26-15-11-17(19)25-16(15)12-22/h9-10,15-17,22H,3-8,11-12H2,1-2H3/q+1/t15?,16-,17-/m1/s1. The SMILES string of the molecule is [B][C@H]1CC(OC(=O)CCC(=O)CCCCn2cc[n+](C)c2C)[C@@H](CO)O1. The molecule has 26 heavy (non-hydrogen) atoms. The van der Waals surface area contributed by atoms with E-state index in [2.05, 4.69) is 16.1 Å². The summed E-state index contributed by atoms with van der Waals surface area (Å²) in [5.74, 6) is 0.792. The van der Waals surface area contributed by atoms with E-state index in [1.165, 1.54) is 5.82 Å². The number of Topliss-reactive ketones (excluding diaryl/α,β-unsaturated/α-hetero) is 1. The molecule has 0 amide bonds. The van der Waals surface area contributed by atoms with Gasteiger partial charge >= 0.3 is 5.97 Å². The van der Waals surface area contributed by atoms with Crippen LogP contribution >= 0.6 is 0 Å². The molecule has 1 N–H and O–H groups in total. The number of aliphatic hydroxyl groups excluding tert-OH is 1. The molecular formula is C18H28BN2O5+. The fourth-order valence-electron chi connectivity index (χ4n) is 3.07. The number of hydrogen-bond donors (Lipinski definition) is 1. The second-order valence-electron chi connectivity index (χ2n) is 6.81. The maximum absolute atomic E-state index is 11.9. The number of aliphatic hydroxyl groups is 1. The molecule has 1 saturated heterocycles. The first-order chi connectivity index (χ1) is 12.4. The molecule has 2 rings (SSSR count). The molecule has 1 aromatic heterocycles. The summed E-state index contributed by atoms with van der Waals surface area (Å²) in [6.45, 7) is 2.69. The first kappa shape index (κ1) is 20.6. The molecule has 1 aliphatic rings. The van der Waals surface area contributed by atoms with Crippen molar-refractivity contribution in [2.45, 2.75) is 70.2 Å². The van der Waals surface area contributed by atoms with Gasteiger partial charge in [0.05, 0.1) is 26.6 Å². The zero-order chi connectivity index (χ0) is 19.1. The summed E-state index contributed by atoms with van der Waals surface area (Å²) in [6.07, 6.45) is 5.70. The Bertz CT molecular complexity index is 619.